The first-order chi connectivity index (χ1) is 8.43. The van der Waals surface area contributed by atoms with E-state index in [1.807, 2.05) is 0 Å². The predicted molar refractivity (Wildman–Crippen MR) is 55.8 cm³/mol. The van der Waals surface area contributed by atoms with E-state index < -0.39 is 18.3 Å². The Bertz CT molecular complexity index is 314. The lowest BCUT2D eigenvalue weighted by molar-refractivity contribution is -0.187. The molecule has 2 rings (SSSR count). The monoisotopic (exact) mass is 269 g/mol. The van der Waals surface area contributed by atoms with E-state index in [-0.39, 0.29) is 19.1 Å². The second-order valence-electron chi connectivity index (χ2n) is 4.57. The number of amides is 1. The van der Waals surface area contributed by atoms with Gasteiger partial charge in [-0.1, -0.05) is 0 Å². The normalized spacial score (nSPS) is 23.3. The van der Waals surface area contributed by atoms with Gasteiger partial charge in [0.15, 0.2) is 0 Å². The molecule has 0 radical (unpaired) electrons. The summed E-state index contributed by atoms with van der Waals surface area (Å²) in [4.78, 5) is 14.1. The van der Waals surface area contributed by atoms with Gasteiger partial charge in [-0.25, -0.2) is 8.78 Å². The van der Waals surface area contributed by atoms with Gasteiger partial charge in [0, 0.05) is 45.3 Å². The summed E-state index contributed by atoms with van der Waals surface area (Å²) in [5, 5.41) is 3.15. The second-order valence-corrected chi connectivity index (χ2v) is 4.57. The highest BCUT2D eigenvalue weighted by Gasteiger charge is 2.53. The lowest BCUT2D eigenvalue weighted by Gasteiger charge is -2.47. The van der Waals surface area contributed by atoms with Crippen molar-refractivity contribution in [3.05, 3.63) is 0 Å². The van der Waals surface area contributed by atoms with Crippen LogP contribution < -0.4 is 5.32 Å². The Balaban J connectivity index is 1.83. The van der Waals surface area contributed by atoms with Crippen molar-refractivity contribution in [2.24, 2.45) is 0 Å². The van der Waals surface area contributed by atoms with E-state index in [2.05, 4.69) is 10.2 Å². The van der Waals surface area contributed by atoms with E-state index in [1.165, 1.54) is 0 Å². The summed E-state index contributed by atoms with van der Waals surface area (Å²) >= 11 is 0. The molecule has 1 N–H and O–H groups in total. The van der Waals surface area contributed by atoms with Crippen LogP contribution in [0.5, 0.6) is 0 Å². The van der Waals surface area contributed by atoms with Gasteiger partial charge in [-0.2, -0.15) is 8.78 Å². The molecule has 0 unspecified atom stereocenters. The fourth-order valence-corrected chi connectivity index (χ4v) is 2.20. The van der Waals surface area contributed by atoms with Crippen molar-refractivity contribution >= 4 is 5.91 Å². The number of alkyl halides is 4. The Hall–Kier alpha value is -0.890. The second kappa shape index (κ2) is 5.00. The van der Waals surface area contributed by atoms with Crippen LogP contribution in [0, 0.1) is 0 Å². The van der Waals surface area contributed by atoms with Crippen molar-refractivity contribution in [2.75, 3.05) is 39.3 Å². The van der Waals surface area contributed by atoms with Crippen LogP contribution in [0.3, 0.4) is 0 Å². The largest absolute Gasteiger partial charge is 0.383 e. The lowest BCUT2D eigenvalue weighted by Crippen LogP contribution is -2.66. The van der Waals surface area contributed by atoms with Gasteiger partial charge in [0.1, 0.15) is 0 Å². The van der Waals surface area contributed by atoms with Crippen LogP contribution in [0.1, 0.15) is 0 Å². The lowest BCUT2D eigenvalue weighted by atomic mass is 10.0. The van der Waals surface area contributed by atoms with Gasteiger partial charge in [0.2, 0.25) is 0 Å². The third-order valence-corrected chi connectivity index (χ3v) is 3.38. The molecule has 104 valence electrons. The van der Waals surface area contributed by atoms with E-state index >= 15 is 0 Å². The molecule has 2 saturated heterocycles. The van der Waals surface area contributed by atoms with Crippen molar-refractivity contribution in [3.8, 4) is 0 Å². The van der Waals surface area contributed by atoms with E-state index in [1.54, 1.807) is 0 Å². The zero-order valence-corrected chi connectivity index (χ0v) is 9.71. The van der Waals surface area contributed by atoms with E-state index in [0.29, 0.717) is 0 Å². The van der Waals surface area contributed by atoms with Crippen LogP contribution in [-0.2, 0) is 4.79 Å². The van der Waals surface area contributed by atoms with Crippen molar-refractivity contribution in [2.45, 2.75) is 18.4 Å². The van der Waals surface area contributed by atoms with Gasteiger partial charge in [-0.15, -0.1) is 0 Å². The molecule has 4 nitrogen and oxygen atoms in total. The number of hydrogen-bond donors (Lipinski definition) is 1. The molecule has 2 fully saturated rings. The first-order valence-electron chi connectivity index (χ1n) is 5.83. The van der Waals surface area contributed by atoms with E-state index in [4.69, 9.17) is 0 Å². The standard InChI is InChI=1S/C10H15F4N3O/c11-8(12)10(13,14)9(18)17-5-7(6-17)16-3-1-15-2-4-16/h7-8,15H,1-6H2. The number of nitrogens with zero attached hydrogens (tertiary/aromatic N) is 2. The molecule has 0 aromatic carbocycles. The summed E-state index contributed by atoms with van der Waals surface area (Å²) in [6.07, 6.45) is -3.94. The molecule has 2 aliphatic rings. The maximum absolute atomic E-state index is 12.8. The quantitative estimate of drug-likeness (QED) is 0.733. The fraction of sp³-hybridized carbons (Fsp3) is 0.900. The van der Waals surface area contributed by atoms with Gasteiger partial charge in [-0.05, 0) is 0 Å². The molecular weight excluding hydrogens is 254 g/mol. The molecule has 1 amide bonds. The molecular formula is C10H15F4N3O. The molecule has 0 spiro atoms. The maximum atomic E-state index is 12.8. The number of hydrogen-bond acceptors (Lipinski definition) is 3. The van der Waals surface area contributed by atoms with E-state index in [0.717, 1.165) is 31.1 Å². The Morgan fingerprint density at radius 3 is 2.28 bits per heavy atom. The number of carbonyl (C=O) groups is 1. The van der Waals surface area contributed by atoms with Gasteiger partial charge in [0.25, 0.3) is 5.91 Å². The molecule has 0 atom stereocenters. The van der Waals surface area contributed by atoms with E-state index in [9.17, 15) is 22.4 Å². The minimum Gasteiger partial charge on any atom is -0.334 e. The molecule has 2 aliphatic heterocycles. The zero-order valence-electron chi connectivity index (χ0n) is 9.71. The number of halogens is 4. The summed E-state index contributed by atoms with van der Waals surface area (Å²) in [5.74, 6) is -6.32. The van der Waals surface area contributed by atoms with Crippen LogP contribution in [0.2, 0.25) is 0 Å². The number of nitrogens with one attached hydrogen (secondary N) is 1. The summed E-state index contributed by atoms with van der Waals surface area (Å²) in [5.41, 5.74) is 0. The summed E-state index contributed by atoms with van der Waals surface area (Å²) in [6, 6.07) is 0.0181. The average Bonchev–Trinajstić information content (AvgIpc) is 2.28. The molecule has 0 aromatic heterocycles. The van der Waals surface area contributed by atoms with Gasteiger partial charge >= 0.3 is 12.3 Å². The molecule has 8 heteroatoms. The first kappa shape index (κ1) is 13.5. The first-order valence-corrected chi connectivity index (χ1v) is 5.83. The minimum absolute atomic E-state index is 0.0181. The zero-order chi connectivity index (χ0) is 13.3. The van der Waals surface area contributed by atoms with Crippen LogP contribution in [0.15, 0.2) is 0 Å². The fourth-order valence-electron chi connectivity index (χ4n) is 2.20. The van der Waals surface area contributed by atoms with Gasteiger partial charge in [-0.3, -0.25) is 9.69 Å². The molecule has 0 aliphatic carbocycles. The summed E-state index contributed by atoms with van der Waals surface area (Å²) in [7, 11) is 0. The Labute approximate surface area is 102 Å². The summed E-state index contributed by atoms with van der Waals surface area (Å²) in [6.45, 7) is 3.44. The van der Waals surface area contributed by atoms with Crippen LogP contribution >= 0.6 is 0 Å². The maximum Gasteiger partial charge on any atom is 0.383 e. The molecule has 2 heterocycles. The SMILES string of the molecule is O=C(N1CC(N2CCNCC2)C1)C(F)(F)C(F)F. The molecule has 18 heavy (non-hydrogen) atoms. The highest BCUT2D eigenvalue weighted by atomic mass is 19.3. The number of rotatable bonds is 3. The number of piperazine rings is 1. The van der Waals surface area contributed by atoms with Crippen molar-refractivity contribution in [1.29, 1.82) is 0 Å². The van der Waals surface area contributed by atoms with Gasteiger partial charge in [0.05, 0.1) is 0 Å². The predicted octanol–water partition coefficient (Wildman–Crippen LogP) is 0.00280. The Morgan fingerprint density at radius 1 is 1.22 bits per heavy atom. The molecule has 0 saturated carbocycles. The number of carbonyl (C=O) groups excluding carboxylic acids is 1. The van der Waals surface area contributed by atoms with Crippen molar-refractivity contribution < 1.29 is 22.4 Å². The molecule has 0 bridgehead atoms. The van der Waals surface area contributed by atoms with Crippen molar-refractivity contribution in [3.63, 3.8) is 0 Å². The van der Waals surface area contributed by atoms with Crippen LogP contribution in [0.4, 0.5) is 17.6 Å². The third kappa shape index (κ3) is 2.44. The minimum atomic E-state index is -4.56. The average molecular weight is 269 g/mol. The molecule has 0 aromatic rings. The highest BCUT2D eigenvalue weighted by Crippen LogP contribution is 2.28. The van der Waals surface area contributed by atoms with Crippen molar-refractivity contribution in [1.82, 2.24) is 15.1 Å². The highest BCUT2D eigenvalue weighted by molar-refractivity contribution is 5.84. The Morgan fingerprint density at radius 2 is 1.78 bits per heavy atom. The number of likely N-dealkylation sites (tertiary alicyclic amines) is 1. The smallest absolute Gasteiger partial charge is 0.334 e. The summed E-state index contributed by atoms with van der Waals surface area (Å²) < 4.78 is 49.7. The Kier molecular flexibility index (Phi) is 3.76. The van der Waals surface area contributed by atoms with Crippen LogP contribution in [-0.4, -0.2) is 73.4 Å². The van der Waals surface area contributed by atoms with Crippen LogP contribution in [0.25, 0.3) is 0 Å². The topological polar surface area (TPSA) is 35.6 Å². The van der Waals surface area contributed by atoms with Gasteiger partial charge < -0.3 is 10.2 Å². The third-order valence-electron chi connectivity index (χ3n) is 3.38.